The minimum Gasteiger partial charge on any atom is -0.497 e. The fourth-order valence-electron chi connectivity index (χ4n) is 4.20. The zero-order chi connectivity index (χ0) is 21.5. The molecule has 0 aliphatic carbocycles. The minimum absolute atomic E-state index is 0.231. The van der Waals surface area contributed by atoms with E-state index in [-0.39, 0.29) is 5.56 Å². The molecule has 0 aromatic heterocycles. The summed E-state index contributed by atoms with van der Waals surface area (Å²) in [5, 5.41) is 3.00. The average Bonchev–Trinajstić information content (AvgIpc) is 2.78. The summed E-state index contributed by atoms with van der Waals surface area (Å²) in [4.78, 5) is 0. The third kappa shape index (κ3) is 3.21. The van der Waals surface area contributed by atoms with Gasteiger partial charge in [0.25, 0.3) is 0 Å². The van der Waals surface area contributed by atoms with Crippen LogP contribution in [0.1, 0.15) is 0 Å². The standard InChI is InChI=1S/C27H17F3O/c1-31-19-10-6-16(7-11-19)26-20-4-2-3-5-21(20)27(23-13-9-18(29)15-25(23)30)24-14-17(28)8-12-22(24)26/h2-15H,1H3. The van der Waals surface area contributed by atoms with Crippen LogP contribution in [-0.2, 0) is 0 Å². The van der Waals surface area contributed by atoms with Gasteiger partial charge in [-0.3, -0.25) is 0 Å². The first-order valence-corrected chi connectivity index (χ1v) is 9.80. The highest BCUT2D eigenvalue weighted by molar-refractivity contribution is 6.21. The molecule has 0 spiro atoms. The zero-order valence-corrected chi connectivity index (χ0v) is 16.6. The minimum atomic E-state index is -0.687. The lowest BCUT2D eigenvalue weighted by molar-refractivity contribution is 0.415. The Balaban J connectivity index is 1.96. The molecule has 5 aromatic carbocycles. The first-order chi connectivity index (χ1) is 15.1. The lowest BCUT2D eigenvalue weighted by atomic mass is 9.86. The van der Waals surface area contributed by atoms with Crippen LogP contribution in [0.2, 0.25) is 0 Å². The summed E-state index contributed by atoms with van der Waals surface area (Å²) in [5.41, 5.74) is 2.62. The SMILES string of the molecule is COc1ccc(-c2c3ccccc3c(-c3ccc(F)cc3F)c3cc(F)ccc23)cc1. The van der Waals surface area contributed by atoms with Crippen molar-refractivity contribution in [2.45, 2.75) is 0 Å². The maximum absolute atomic E-state index is 14.9. The van der Waals surface area contributed by atoms with Crippen molar-refractivity contribution in [3.05, 3.63) is 102 Å². The summed E-state index contributed by atoms with van der Waals surface area (Å²) in [5.74, 6) is -1.04. The van der Waals surface area contributed by atoms with Gasteiger partial charge in [0.1, 0.15) is 23.2 Å². The van der Waals surface area contributed by atoms with E-state index >= 15 is 0 Å². The monoisotopic (exact) mass is 414 g/mol. The number of halogens is 3. The predicted octanol–water partition coefficient (Wildman–Crippen LogP) is 7.75. The molecule has 1 nitrogen and oxygen atoms in total. The Hall–Kier alpha value is -3.79. The number of hydrogen-bond acceptors (Lipinski definition) is 1. The van der Waals surface area contributed by atoms with Crippen LogP contribution in [0.4, 0.5) is 13.2 Å². The maximum atomic E-state index is 14.9. The van der Waals surface area contributed by atoms with Gasteiger partial charge in [-0.05, 0) is 69.1 Å². The molecule has 0 fully saturated rings. The molecule has 5 aromatic rings. The van der Waals surface area contributed by atoms with Gasteiger partial charge in [0.05, 0.1) is 7.11 Å². The molecule has 5 rings (SSSR count). The number of fused-ring (bicyclic) bond motifs is 2. The normalized spacial score (nSPS) is 11.2. The van der Waals surface area contributed by atoms with Crippen molar-refractivity contribution in [3.63, 3.8) is 0 Å². The first-order valence-electron chi connectivity index (χ1n) is 9.80. The molecule has 0 aliphatic rings. The van der Waals surface area contributed by atoms with Gasteiger partial charge in [0.2, 0.25) is 0 Å². The molecule has 0 bridgehead atoms. The van der Waals surface area contributed by atoms with Crippen LogP contribution in [0.25, 0.3) is 43.8 Å². The number of ether oxygens (including phenoxy) is 1. The van der Waals surface area contributed by atoms with Gasteiger partial charge in [0, 0.05) is 17.2 Å². The Kier molecular flexibility index (Phi) is 4.63. The van der Waals surface area contributed by atoms with Crippen molar-refractivity contribution in [2.24, 2.45) is 0 Å². The van der Waals surface area contributed by atoms with E-state index in [4.69, 9.17) is 4.74 Å². The maximum Gasteiger partial charge on any atom is 0.133 e. The van der Waals surface area contributed by atoms with Gasteiger partial charge in [-0.2, -0.15) is 0 Å². The highest BCUT2D eigenvalue weighted by atomic mass is 19.1. The second-order valence-corrected chi connectivity index (χ2v) is 7.34. The Morgan fingerprint density at radius 2 is 1.19 bits per heavy atom. The second-order valence-electron chi connectivity index (χ2n) is 7.34. The fraction of sp³-hybridized carbons (Fsp3) is 0.0370. The summed E-state index contributed by atoms with van der Waals surface area (Å²) in [6, 6.07) is 23.2. The molecule has 0 unspecified atom stereocenters. The fourth-order valence-corrected chi connectivity index (χ4v) is 4.20. The molecule has 0 saturated carbocycles. The molecule has 0 N–H and O–H groups in total. The van der Waals surface area contributed by atoms with Crippen LogP contribution >= 0.6 is 0 Å². The molecule has 0 radical (unpaired) electrons. The summed E-state index contributed by atoms with van der Waals surface area (Å²) >= 11 is 0. The largest absolute Gasteiger partial charge is 0.497 e. The van der Waals surface area contributed by atoms with Crippen LogP contribution in [0.15, 0.2) is 84.9 Å². The van der Waals surface area contributed by atoms with Crippen molar-refractivity contribution in [3.8, 4) is 28.0 Å². The molecule has 0 amide bonds. The Bertz CT molecular complexity index is 1440. The van der Waals surface area contributed by atoms with Crippen molar-refractivity contribution in [1.29, 1.82) is 0 Å². The smallest absolute Gasteiger partial charge is 0.133 e. The lowest BCUT2D eigenvalue weighted by Gasteiger charge is -2.18. The summed E-state index contributed by atoms with van der Waals surface area (Å²) in [7, 11) is 1.61. The number of benzene rings is 5. The van der Waals surface area contributed by atoms with E-state index in [1.807, 2.05) is 48.5 Å². The predicted molar refractivity (Wildman–Crippen MR) is 119 cm³/mol. The van der Waals surface area contributed by atoms with Gasteiger partial charge in [-0.1, -0.05) is 42.5 Å². The number of methoxy groups -OCH3 is 1. The van der Waals surface area contributed by atoms with E-state index < -0.39 is 17.5 Å². The highest BCUT2D eigenvalue weighted by Crippen LogP contribution is 2.44. The second kappa shape index (κ2) is 7.47. The van der Waals surface area contributed by atoms with E-state index in [1.54, 1.807) is 13.2 Å². The van der Waals surface area contributed by atoms with Crippen LogP contribution in [-0.4, -0.2) is 7.11 Å². The highest BCUT2D eigenvalue weighted by Gasteiger charge is 2.19. The van der Waals surface area contributed by atoms with Crippen molar-refractivity contribution in [1.82, 2.24) is 0 Å². The third-order valence-electron chi connectivity index (χ3n) is 5.57. The quantitative estimate of drug-likeness (QED) is 0.274. The number of rotatable bonds is 3. The summed E-state index contributed by atoms with van der Waals surface area (Å²) in [6.45, 7) is 0. The molecular weight excluding hydrogens is 397 g/mol. The van der Waals surface area contributed by atoms with E-state index in [2.05, 4.69) is 0 Å². The Morgan fingerprint density at radius 3 is 1.87 bits per heavy atom. The average molecular weight is 414 g/mol. The molecule has 0 heterocycles. The molecular formula is C27H17F3O. The van der Waals surface area contributed by atoms with Crippen LogP contribution in [0.3, 0.4) is 0 Å². The molecule has 31 heavy (non-hydrogen) atoms. The molecule has 4 heteroatoms. The van der Waals surface area contributed by atoms with Gasteiger partial charge in [0.15, 0.2) is 0 Å². The Labute approximate surface area is 177 Å². The van der Waals surface area contributed by atoms with Gasteiger partial charge >= 0.3 is 0 Å². The lowest BCUT2D eigenvalue weighted by Crippen LogP contribution is -1.94. The molecule has 0 atom stereocenters. The van der Waals surface area contributed by atoms with E-state index in [9.17, 15) is 13.2 Å². The summed E-state index contributed by atoms with van der Waals surface area (Å²) in [6.07, 6.45) is 0. The van der Waals surface area contributed by atoms with Crippen molar-refractivity contribution >= 4 is 21.5 Å². The van der Waals surface area contributed by atoms with Crippen LogP contribution in [0.5, 0.6) is 5.75 Å². The van der Waals surface area contributed by atoms with Gasteiger partial charge in [-0.25, -0.2) is 13.2 Å². The zero-order valence-electron chi connectivity index (χ0n) is 16.6. The van der Waals surface area contributed by atoms with Crippen molar-refractivity contribution in [2.75, 3.05) is 7.11 Å². The van der Waals surface area contributed by atoms with Gasteiger partial charge < -0.3 is 4.74 Å². The number of hydrogen-bond donors (Lipinski definition) is 0. The molecule has 0 aliphatic heterocycles. The topological polar surface area (TPSA) is 9.23 Å². The van der Waals surface area contributed by atoms with E-state index in [1.165, 1.54) is 24.3 Å². The van der Waals surface area contributed by atoms with Crippen LogP contribution < -0.4 is 4.74 Å². The van der Waals surface area contributed by atoms with Crippen LogP contribution in [0, 0.1) is 17.5 Å². The molecule has 0 saturated heterocycles. The third-order valence-corrected chi connectivity index (χ3v) is 5.57. The van der Waals surface area contributed by atoms with Gasteiger partial charge in [-0.15, -0.1) is 0 Å². The Morgan fingerprint density at radius 1 is 0.581 bits per heavy atom. The molecule has 152 valence electrons. The van der Waals surface area contributed by atoms with Crippen molar-refractivity contribution < 1.29 is 17.9 Å². The van der Waals surface area contributed by atoms with E-state index in [0.29, 0.717) is 10.9 Å². The first kappa shape index (κ1) is 19.2. The van der Waals surface area contributed by atoms with E-state index in [0.717, 1.165) is 39.1 Å². The summed E-state index contributed by atoms with van der Waals surface area (Å²) < 4.78 is 48.1.